The molecule has 2 heterocycles. The Morgan fingerprint density at radius 2 is 2.00 bits per heavy atom. The fourth-order valence-corrected chi connectivity index (χ4v) is 3.54. The first-order valence-electron chi connectivity index (χ1n) is 9.87. The lowest BCUT2D eigenvalue weighted by molar-refractivity contribution is -0.143. The number of halogens is 1. The van der Waals surface area contributed by atoms with Crippen LogP contribution < -0.4 is 15.0 Å². The molecule has 1 N–H and O–H groups in total. The van der Waals surface area contributed by atoms with E-state index >= 15 is 0 Å². The zero-order valence-electron chi connectivity index (χ0n) is 16.7. The van der Waals surface area contributed by atoms with Crippen molar-refractivity contribution in [2.75, 3.05) is 24.8 Å². The van der Waals surface area contributed by atoms with E-state index in [9.17, 15) is 18.8 Å². The molecular formula is C22H21FN2O6. The summed E-state index contributed by atoms with van der Waals surface area (Å²) in [5.41, 5.74) is 2.04. The normalized spacial score (nSPS) is 15.3. The molecule has 0 unspecified atom stereocenters. The standard InChI is InChI=1S/C22H21FN2O6/c23-17-8-15-11-29-13-31-21(15)16(9-17)12-30-20(27)10-24-22(28)14-3-5-18(6-4-14)25-7-1-2-19(25)26/h3-6,8-9H,1-2,7,10-13H2,(H,24,28). The summed E-state index contributed by atoms with van der Waals surface area (Å²) in [7, 11) is 0. The maximum absolute atomic E-state index is 13.7. The average Bonchev–Trinajstić information content (AvgIpc) is 3.21. The minimum atomic E-state index is -0.669. The first kappa shape index (κ1) is 20.8. The van der Waals surface area contributed by atoms with Gasteiger partial charge in [-0.25, -0.2) is 4.39 Å². The van der Waals surface area contributed by atoms with Crippen LogP contribution in [0.2, 0.25) is 0 Å². The van der Waals surface area contributed by atoms with Crippen molar-refractivity contribution in [2.45, 2.75) is 26.1 Å². The van der Waals surface area contributed by atoms with Crippen LogP contribution in [0.25, 0.3) is 0 Å². The minimum absolute atomic E-state index is 0.0420. The van der Waals surface area contributed by atoms with E-state index in [1.807, 2.05) is 0 Å². The first-order valence-corrected chi connectivity index (χ1v) is 9.87. The summed E-state index contributed by atoms with van der Waals surface area (Å²) in [6.45, 7) is 0.401. The molecule has 162 valence electrons. The molecule has 0 spiro atoms. The molecule has 1 fully saturated rings. The molecule has 2 amide bonds. The Hall–Kier alpha value is -3.46. The van der Waals surface area contributed by atoms with E-state index in [1.54, 1.807) is 29.2 Å². The van der Waals surface area contributed by atoms with Gasteiger partial charge in [-0.05, 0) is 42.8 Å². The number of fused-ring (bicyclic) bond motifs is 1. The van der Waals surface area contributed by atoms with Crippen molar-refractivity contribution in [3.05, 3.63) is 58.9 Å². The van der Waals surface area contributed by atoms with Crippen molar-refractivity contribution in [1.29, 1.82) is 0 Å². The van der Waals surface area contributed by atoms with Gasteiger partial charge < -0.3 is 24.4 Å². The molecule has 31 heavy (non-hydrogen) atoms. The van der Waals surface area contributed by atoms with Gasteiger partial charge in [-0.2, -0.15) is 0 Å². The molecular weight excluding hydrogens is 407 g/mol. The third-order valence-electron chi connectivity index (χ3n) is 5.05. The third-order valence-corrected chi connectivity index (χ3v) is 5.05. The summed E-state index contributed by atoms with van der Waals surface area (Å²) in [6, 6.07) is 9.15. The number of rotatable bonds is 6. The summed E-state index contributed by atoms with van der Waals surface area (Å²) in [4.78, 5) is 37.8. The Morgan fingerprint density at radius 1 is 1.19 bits per heavy atom. The second-order valence-corrected chi connectivity index (χ2v) is 7.20. The number of ether oxygens (including phenoxy) is 3. The zero-order chi connectivity index (χ0) is 21.8. The molecule has 0 saturated carbocycles. The van der Waals surface area contributed by atoms with Crippen molar-refractivity contribution >= 4 is 23.5 Å². The summed E-state index contributed by atoms with van der Waals surface area (Å²) in [5, 5.41) is 2.49. The molecule has 2 aromatic rings. The first-order chi connectivity index (χ1) is 15.0. The number of amides is 2. The van der Waals surface area contributed by atoms with Gasteiger partial charge in [0, 0.05) is 35.3 Å². The van der Waals surface area contributed by atoms with Crippen LogP contribution in [0.5, 0.6) is 5.75 Å². The predicted molar refractivity (Wildman–Crippen MR) is 107 cm³/mol. The maximum atomic E-state index is 13.7. The van der Waals surface area contributed by atoms with Gasteiger partial charge in [-0.3, -0.25) is 14.4 Å². The molecule has 0 radical (unpaired) electrons. The van der Waals surface area contributed by atoms with E-state index in [-0.39, 0.29) is 32.5 Å². The van der Waals surface area contributed by atoms with Gasteiger partial charge >= 0.3 is 5.97 Å². The quantitative estimate of drug-likeness (QED) is 0.710. The van der Waals surface area contributed by atoms with E-state index in [0.29, 0.717) is 35.4 Å². The van der Waals surface area contributed by atoms with Crippen LogP contribution in [0.4, 0.5) is 10.1 Å². The van der Waals surface area contributed by atoms with E-state index in [4.69, 9.17) is 14.2 Å². The molecule has 1 saturated heterocycles. The minimum Gasteiger partial charge on any atom is -0.467 e. The molecule has 0 atom stereocenters. The van der Waals surface area contributed by atoms with Crippen LogP contribution in [0, 0.1) is 5.82 Å². The monoisotopic (exact) mass is 428 g/mol. The van der Waals surface area contributed by atoms with Gasteiger partial charge in [-0.15, -0.1) is 0 Å². The van der Waals surface area contributed by atoms with Gasteiger partial charge in [0.25, 0.3) is 5.91 Å². The molecule has 4 rings (SSSR count). The highest BCUT2D eigenvalue weighted by atomic mass is 19.1. The van der Waals surface area contributed by atoms with Crippen LogP contribution in [-0.4, -0.2) is 37.7 Å². The fraction of sp³-hybridized carbons (Fsp3) is 0.318. The summed E-state index contributed by atoms with van der Waals surface area (Å²) in [5.74, 6) is -1.08. The number of nitrogens with one attached hydrogen (secondary N) is 1. The highest BCUT2D eigenvalue weighted by Crippen LogP contribution is 2.30. The van der Waals surface area contributed by atoms with Crippen molar-refractivity contribution in [1.82, 2.24) is 5.32 Å². The SMILES string of the molecule is O=C(CNC(=O)c1ccc(N2CCCC2=O)cc1)OCc1cc(F)cc2c1OCOC2. The van der Waals surface area contributed by atoms with Crippen molar-refractivity contribution in [3.8, 4) is 5.75 Å². The van der Waals surface area contributed by atoms with E-state index in [1.165, 1.54) is 12.1 Å². The summed E-state index contributed by atoms with van der Waals surface area (Å²) in [6.07, 6.45) is 1.35. The Bertz CT molecular complexity index is 1010. The third kappa shape index (κ3) is 4.83. The van der Waals surface area contributed by atoms with Gasteiger partial charge in [-0.1, -0.05) is 0 Å². The van der Waals surface area contributed by atoms with Crippen LogP contribution in [0.3, 0.4) is 0 Å². The molecule has 0 aliphatic carbocycles. The summed E-state index contributed by atoms with van der Waals surface area (Å²) >= 11 is 0. The molecule has 8 nitrogen and oxygen atoms in total. The number of nitrogens with zero attached hydrogens (tertiary/aromatic N) is 1. The number of anilines is 1. The highest BCUT2D eigenvalue weighted by Gasteiger charge is 2.22. The Balaban J connectivity index is 1.29. The van der Waals surface area contributed by atoms with Crippen LogP contribution >= 0.6 is 0 Å². The fourth-order valence-electron chi connectivity index (χ4n) is 3.54. The Kier molecular flexibility index (Phi) is 6.13. The van der Waals surface area contributed by atoms with Crippen LogP contribution in [0.1, 0.15) is 34.3 Å². The largest absolute Gasteiger partial charge is 0.467 e. The molecule has 0 bridgehead atoms. The van der Waals surface area contributed by atoms with E-state index < -0.39 is 17.7 Å². The van der Waals surface area contributed by atoms with Gasteiger partial charge in [0.05, 0.1) is 6.61 Å². The van der Waals surface area contributed by atoms with E-state index in [0.717, 1.165) is 12.1 Å². The Labute approximate surface area is 177 Å². The lowest BCUT2D eigenvalue weighted by Crippen LogP contribution is -2.30. The molecule has 9 heteroatoms. The van der Waals surface area contributed by atoms with Crippen molar-refractivity contribution in [3.63, 3.8) is 0 Å². The van der Waals surface area contributed by atoms with Crippen molar-refractivity contribution in [2.24, 2.45) is 0 Å². The Morgan fingerprint density at radius 3 is 2.74 bits per heavy atom. The van der Waals surface area contributed by atoms with Gasteiger partial charge in [0.1, 0.15) is 24.7 Å². The molecule has 0 aromatic heterocycles. The summed E-state index contributed by atoms with van der Waals surface area (Å²) < 4.78 is 29.4. The number of esters is 1. The van der Waals surface area contributed by atoms with Gasteiger partial charge in [0.2, 0.25) is 5.91 Å². The number of hydrogen-bond acceptors (Lipinski definition) is 6. The van der Waals surface area contributed by atoms with Crippen LogP contribution in [-0.2, 0) is 32.3 Å². The molecule has 2 aromatic carbocycles. The second-order valence-electron chi connectivity index (χ2n) is 7.20. The number of hydrogen-bond donors (Lipinski definition) is 1. The van der Waals surface area contributed by atoms with E-state index in [2.05, 4.69) is 5.32 Å². The predicted octanol–water partition coefficient (Wildman–Crippen LogP) is 2.29. The topological polar surface area (TPSA) is 94.2 Å². The number of carbonyl (C=O) groups is 3. The smallest absolute Gasteiger partial charge is 0.325 e. The lowest BCUT2D eigenvalue weighted by Gasteiger charge is -2.20. The highest BCUT2D eigenvalue weighted by molar-refractivity contribution is 5.98. The second kappa shape index (κ2) is 9.13. The van der Waals surface area contributed by atoms with Gasteiger partial charge in [0.15, 0.2) is 6.79 Å². The van der Waals surface area contributed by atoms with Crippen LogP contribution in [0.15, 0.2) is 36.4 Å². The average molecular weight is 428 g/mol. The molecule has 2 aliphatic rings. The lowest BCUT2D eigenvalue weighted by atomic mass is 10.1. The maximum Gasteiger partial charge on any atom is 0.325 e. The zero-order valence-corrected chi connectivity index (χ0v) is 16.7. The number of benzene rings is 2. The number of carbonyl (C=O) groups excluding carboxylic acids is 3. The van der Waals surface area contributed by atoms with Crippen molar-refractivity contribution < 1.29 is 33.0 Å². The molecule has 2 aliphatic heterocycles.